The van der Waals surface area contributed by atoms with Gasteiger partial charge in [0.15, 0.2) is 0 Å². The first-order chi connectivity index (χ1) is 9.55. The second kappa shape index (κ2) is 4.63. The lowest BCUT2D eigenvalue weighted by Gasteiger charge is -2.20. The van der Waals surface area contributed by atoms with Gasteiger partial charge in [0.2, 0.25) is 11.8 Å². The van der Waals surface area contributed by atoms with Crippen LogP contribution in [0.25, 0.3) is 22.9 Å². The van der Waals surface area contributed by atoms with Crippen LogP contribution in [0.3, 0.4) is 0 Å². The minimum Gasteiger partial charge on any atom is -0.445 e. The first kappa shape index (κ1) is 12.7. The number of nitrogens with zero attached hydrogens (tertiary/aromatic N) is 2. The van der Waals surface area contributed by atoms with E-state index >= 15 is 0 Å². The number of hydrogen-bond donors (Lipinski definition) is 0. The molecule has 0 N–H and O–H groups in total. The molecule has 4 heteroatoms. The summed E-state index contributed by atoms with van der Waals surface area (Å²) < 4.78 is 10.8. The Labute approximate surface area is 117 Å². The SMILES string of the molecule is CC(C)(C)c1ccc(-c2ncco2)c(-c2ncco2)c1. The second-order valence-corrected chi connectivity index (χ2v) is 5.68. The van der Waals surface area contributed by atoms with E-state index in [1.165, 1.54) is 5.56 Å². The van der Waals surface area contributed by atoms with E-state index < -0.39 is 0 Å². The van der Waals surface area contributed by atoms with E-state index in [0.29, 0.717) is 11.8 Å². The van der Waals surface area contributed by atoms with E-state index in [1.807, 2.05) is 6.07 Å². The highest BCUT2D eigenvalue weighted by atomic mass is 16.3. The Kier molecular flexibility index (Phi) is 2.93. The standard InChI is InChI=1S/C16H16N2O2/c1-16(2,3)11-4-5-12(14-17-6-8-19-14)13(10-11)15-18-7-9-20-15/h4-10H,1-3H3. The fraction of sp³-hybridized carbons (Fsp3) is 0.250. The Hall–Kier alpha value is -2.36. The second-order valence-electron chi connectivity index (χ2n) is 5.68. The molecule has 102 valence electrons. The van der Waals surface area contributed by atoms with E-state index in [0.717, 1.165) is 11.1 Å². The molecular weight excluding hydrogens is 252 g/mol. The maximum atomic E-state index is 5.45. The molecule has 0 saturated carbocycles. The molecule has 0 aliphatic heterocycles. The lowest BCUT2D eigenvalue weighted by Crippen LogP contribution is -2.11. The van der Waals surface area contributed by atoms with Crippen LogP contribution in [-0.2, 0) is 5.41 Å². The van der Waals surface area contributed by atoms with Crippen molar-refractivity contribution in [1.82, 2.24) is 9.97 Å². The van der Waals surface area contributed by atoms with Gasteiger partial charge in [0.05, 0.1) is 18.0 Å². The van der Waals surface area contributed by atoms with Gasteiger partial charge in [-0.3, -0.25) is 0 Å². The summed E-state index contributed by atoms with van der Waals surface area (Å²) in [6.07, 6.45) is 6.40. The highest BCUT2D eigenvalue weighted by Gasteiger charge is 2.20. The van der Waals surface area contributed by atoms with E-state index in [1.54, 1.807) is 24.9 Å². The number of benzene rings is 1. The van der Waals surface area contributed by atoms with Crippen molar-refractivity contribution in [3.05, 3.63) is 48.7 Å². The maximum absolute atomic E-state index is 5.45. The summed E-state index contributed by atoms with van der Waals surface area (Å²) in [5, 5.41) is 0. The predicted octanol–water partition coefficient (Wildman–Crippen LogP) is 4.29. The third-order valence-electron chi connectivity index (χ3n) is 3.21. The molecule has 0 aliphatic carbocycles. The van der Waals surface area contributed by atoms with Gasteiger partial charge >= 0.3 is 0 Å². The molecule has 20 heavy (non-hydrogen) atoms. The summed E-state index contributed by atoms with van der Waals surface area (Å²) in [7, 11) is 0. The largest absolute Gasteiger partial charge is 0.445 e. The molecule has 0 aliphatic rings. The third kappa shape index (κ3) is 2.25. The summed E-state index contributed by atoms with van der Waals surface area (Å²) in [5.41, 5.74) is 3.03. The zero-order chi connectivity index (χ0) is 14.2. The van der Waals surface area contributed by atoms with Crippen molar-refractivity contribution in [2.75, 3.05) is 0 Å². The number of aromatic nitrogens is 2. The molecule has 0 saturated heterocycles. The van der Waals surface area contributed by atoms with Crippen LogP contribution in [0.1, 0.15) is 26.3 Å². The highest BCUT2D eigenvalue weighted by molar-refractivity contribution is 5.76. The average molecular weight is 268 g/mol. The van der Waals surface area contributed by atoms with Crippen molar-refractivity contribution in [2.45, 2.75) is 26.2 Å². The molecule has 0 bridgehead atoms. The molecule has 0 atom stereocenters. The minimum atomic E-state index is 0.0520. The molecule has 0 amide bonds. The zero-order valence-electron chi connectivity index (χ0n) is 11.8. The Bertz CT molecular complexity index is 693. The summed E-state index contributed by atoms with van der Waals surface area (Å²) in [5.74, 6) is 1.14. The number of hydrogen-bond acceptors (Lipinski definition) is 4. The quantitative estimate of drug-likeness (QED) is 0.695. The van der Waals surface area contributed by atoms with E-state index in [2.05, 4.69) is 42.9 Å². The van der Waals surface area contributed by atoms with Crippen LogP contribution in [-0.4, -0.2) is 9.97 Å². The molecule has 4 nitrogen and oxygen atoms in total. The van der Waals surface area contributed by atoms with Crippen LogP contribution < -0.4 is 0 Å². The van der Waals surface area contributed by atoms with Gasteiger partial charge in [0.1, 0.15) is 12.5 Å². The Balaban J connectivity index is 2.21. The molecule has 0 fully saturated rings. The van der Waals surface area contributed by atoms with Gasteiger partial charge in [-0.25, -0.2) is 9.97 Å². The molecule has 2 heterocycles. The molecule has 2 aromatic heterocycles. The zero-order valence-corrected chi connectivity index (χ0v) is 11.8. The summed E-state index contributed by atoms with van der Waals surface area (Å²) in [6, 6.07) is 6.18. The van der Waals surface area contributed by atoms with Gasteiger partial charge in [-0.05, 0) is 23.1 Å². The molecule has 3 aromatic rings. The fourth-order valence-electron chi connectivity index (χ4n) is 2.09. The monoisotopic (exact) mass is 268 g/mol. The lowest BCUT2D eigenvalue weighted by molar-refractivity contribution is 0.564. The van der Waals surface area contributed by atoms with E-state index in [4.69, 9.17) is 8.83 Å². The first-order valence-corrected chi connectivity index (χ1v) is 6.50. The van der Waals surface area contributed by atoms with Gasteiger partial charge in [0, 0.05) is 5.56 Å². The minimum absolute atomic E-state index is 0.0520. The van der Waals surface area contributed by atoms with Gasteiger partial charge in [-0.1, -0.05) is 26.8 Å². The van der Waals surface area contributed by atoms with Crippen LogP contribution in [0.5, 0.6) is 0 Å². The average Bonchev–Trinajstić information content (AvgIpc) is 3.10. The normalized spacial score (nSPS) is 11.8. The van der Waals surface area contributed by atoms with Crippen LogP contribution in [0, 0.1) is 0 Å². The number of oxazole rings is 2. The van der Waals surface area contributed by atoms with Crippen molar-refractivity contribution in [3.63, 3.8) is 0 Å². The topological polar surface area (TPSA) is 52.1 Å². The molecule has 0 radical (unpaired) electrons. The predicted molar refractivity (Wildman–Crippen MR) is 76.1 cm³/mol. The Morgan fingerprint density at radius 2 is 1.45 bits per heavy atom. The van der Waals surface area contributed by atoms with Crippen LogP contribution >= 0.6 is 0 Å². The molecule has 3 rings (SSSR count). The van der Waals surface area contributed by atoms with Crippen molar-refractivity contribution >= 4 is 0 Å². The Morgan fingerprint density at radius 1 is 0.850 bits per heavy atom. The maximum Gasteiger partial charge on any atom is 0.226 e. The van der Waals surface area contributed by atoms with Crippen molar-refractivity contribution in [2.24, 2.45) is 0 Å². The molecule has 0 unspecified atom stereocenters. The van der Waals surface area contributed by atoms with Crippen molar-refractivity contribution in [3.8, 4) is 22.9 Å². The van der Waals surface area contributed by atoms with Gasteiger partial charge in [-0.2, -0.15) is 0 Å². The lowest BCUT2D eigenvalue weighted by atomic mass is 9.85. The third-order valence-corrected chi connectivity index (χ3v) is 3.21. The van der Waals surface area contributed by atoms with Gasteiger partial charge in [0.25, 0.3) is 0 Å². The van der Waals surface area contributed by atoms with Crippen LogP contribution in [0.2, 0.25) is 0 Å². The van der Waals surface area contributed by atoms with E-state index in [-0.39, 0.29) is 5.41 Å². The van der Waals surface area contributed by atoms with Crippen molar-refractivity contribution in [1.29, 1.82) is 0 Å². The summed E-state index contributed by atoms with van der Waals surface area (Å²) in [6.45, 7) is 6.52. The Morgan fingerprint density at radius 3 is 1.95 bits per heavy atom. The van der Waals surface area contributed by atoms with E-state index in [9.17, 15) is 0 Å². The number of rotatable bonds is 2. The van der Waals surface area contributed by atoms with Gasteiger partial charge < -0.3 is 8.83 Å². The van der Waals surface area contributed by atoms with Crippen LogP contribution in [0.15, 0.2) is 52.0 Å². The van der Waals surface area contributed by atoms with Crippen molar-refractivity contribution < 1.29 is 8.83 Å². The summed E-state index contributed by atoms with van der Waals surface area (Å²) in [4.78, 5) is 8.46. The van der Waals surface area contributed by atoms with Gasteiger partial charge in [-0.15, -0.1) is 0 Å². The first-order valence-electron chi connectivity index (χ1n) is 6.50. The molecular formula is C16H16N2O2. The highest BCUT2D eigenvalue weighted by Crippen LogP contribution is 2.34. The fourth-order valence-corrected chi connectivity index (χ4v) is 2.09. The smallest absolute Gasteiger partial charge is 0.226 e. The molecule has 1 aromatic carbocycles. The summed E-state index contributed by atoms with van der Waals surface area (Å²) >= 11 is 0. The van der Waals surface area contributed by atoms with Crippen LogP contribution in [0.4, 0.5) is 0 Å². The molecule has 0 spiro atoms.